The molecule has 0 radical (unpaired) electrons. The highest BCUT2D eigenvalue weighted by Gasteiger charge is 2.51. The summed E-state index contributed by atoms with van der Waals surface area (Å²) >= 11 is 6.46. The number of carbonyl (C=O) groups excluding carboxylic acids is 1. The van der Waals surface area contributed by atoms with Crippen molar-refractivity contribution >= 4 is 51.9 Å². The zero-order valence-corrected chi connectivity index (χ0v) is 36.3. The molecule has 2 aliphatic heterocycles. The van der Waals surface area contributed by atoms with E-state index in [0.29, 0.717) is 31.9 Å². The van der Waals surface area contributed by atoms with Gasteiger partial charge in [-0.1, -0.05) is 111 Å². The lowest BCUT2D eigenvalue weighted by molar-refractivity contribution is 0.0455. The van der Waals surface area contributed by atoms with E-state index in [4.69, 9.17) is 20.8 Å². The Labute approximate surface area is 349 Å². The van der Waals surface area contributed by atoms with Crippen LogP contribution in [0.15, 0.2) is 109 Å². The predicted molar refractivity (Wildman–Crippen MR) is 235 cm³/mol. The number of nitrogens with one attached hydrogen (secondary N) is 1. The van der Waals surface area contributed by atoms with E-state index < -0.39 is 36.3 Å². The molecule has 1 spiro atoms. The Kier molecular flexibility index (Phi) is 11.4. The summed E-state index contributed by atoms with van der Waals surface area (Å²) in [6, 6.07) is 31.9. The maximum atomic E-state index is 14.0. The van der Waals surface area contributed by atoms with E-state index in [1.807, 2.05) is 54.6 Å². The molecule has 0 saturated heterocycles. The maximum Gasteiger partial charge on any atom is 0.264 e. The Balaban J connectivity index is 1.12. The van der Waals surface area contributed by atoms with Gasteiger partial charge in [0.25, 0.3) is 14.2 Å². The number of aliphatic hydroxyl groups is 1. The number of aryl methyl sites for hydroxylation is 1. The van der Waals surface area contributed by atoms with Crippen LogP contribution in [0, 0.1) is 17.8 Å². The number of nitrogens with zero attached hydrogens (tertiary/aromatic N) is 1. The van der Waals surface area contributed by atoms with Crippen LogP contribution in [0.1, 0.15) is 74.4 Å². The number of anilines is 1. The topological polar surface area (TPSA) is 105 Å². The molecule has 5 atom stereocenters. The first-order valence-corrected chi connectivity index (χ1v) is 24.7. The smallest absolute Gasteiger partial charge is 0.264 e. The number of sulfonamides is 1. The van der Waals surface area contributed by atoms with E-state index in [1.165, 1.54) is 11.1 Å². The molecule has 2 heterocycles. The molecule has 1 amide bonds. The molecule has 8 rings (SSSR count). The number of halogens is 1. The second kappa shape index (κ2) is 16.3. The van der Waals surface area contributed by atoms with Gasteiger partial charge >= 0.3 is 0 Å². The Bertz CT molecular complexity index is 2230. The lowest BCUT2D eigenvalue weighted by Crippen LogP contribution is -2.67. The lowest BCUT2D eigenvalue weighted by Gasteiger charge is -2.45. The lowest BCUT2D eigenvalue weighted by atomic mass is 9.68. The molecule has 0 aromatic heterocycles. The van der Waals surface area contributed by atoms with Gasteiger partial charge in [-0.3, -0.25) is 4.79 Å². The monoisotopic (exact) mass is 838 g/mol. The van der Waals surface area contributed by atoms with Gasteiger partial charge < -0.3 is 19.2 Å². The van der Waals surface area contributed by atoms with E-state index in [2.05, 4.69) is 66.8 Å². The van der Waals surface area contributed by atoms with E-state index in [-0.39, 0.29) is 40.2 Å². The zero-order valence-electron chi connectivity index (χ0n) is 33.7. The fourth-order valence-corrected chi connectivity index (χ4v) is 16.3. The Morgan fingerprint density at radius 1 is 0.983 bits per heavy atom. The molecule has 1 saturated carbocycles. The number of amides is 1. The van der Waals surface area contributed by atoms with Crippen molar-refractivity contribution in [3.8, 4) is 5.75 Å². The average Bonchev–Trinajstić information content (AvgIpc) is 3.32. The summed E-state index contributed by atoms with van der Waals surface area (Å²) in [7, 11) is -7.11. The van der Waals surface area contributed by atoms with Crippen LogP contribution in [0.2, 0.25) is 10.1 Å². The third kappa shape index (κ3) is 8.03. The van der Waals surface area contributed by atoms with Crippen molar-refractivity contribution < 1.29 is 27.5 Å². The standard InChI is InChI=1S/C47H55ClN2O6SSi/c1-46(2,3)58(38-14-6-4-7-15-38,39-16-8-5-9-17-39)56-29-33-12-10-18-43(51)40-22-19-36(40)28-50-31-47(25-11-13-34-26-37(48)21-23-41(34)47)32-55-44-24-20-35(27-42(44)50)45(52)49-57(53,54)30-33/h4-10,14-18,20-21,23-24,26-27,33,36,40,43,51H,11-13,19,22,25,28-32H2,1-3H3,(H,49,52)/b18-10-/t33-,36+,40-,43-,47+/m1/s1. The van der Waals surface area contributed by atoms with Crippen LogP contribution >= 0.6 is 11.6 Å². The molecule has 58 heavy (non-hydrogen) atoms. The second-order valence-corrected chi connectivity index (χ2v) is 24.5. The van der Waals surface area contributed by atoms with Crippen molar-refractivity contribution in [2.24, 2.45) is 17.8 Å². The van der Waals surface area contributed by atoms with Gasteiger partial charge in [0.1, 0.15) is 5.75 Å². The maximum absolute atomic E-state index is 14.0. The van der Waals surface area contributed by atoms with Gasteiger partial charge in [-0.05, 0) is 107 Å². The van der Waals surface area contributed by atoms with Gasteiger partial charge in [0.15, 0.2) is 0 Å². The molecule has 4 aromatic rings. The Hall–Kier alpha value is -3.93. The number of allylic oxidation sites excluding steroid dienone is 1. The molecule has 4 aliphatic rings. The van der Waals surface area contributed by atoms with Gasteiger partial charge in [0, 0.05) is 41.6 Å². The minimum absolute atomic E-state index is 0.0483. The quantitative estimate of drug-likeness (QED) is 0.159. The fraction of sp³-hybridized carbons (Fsp3) is 0.426. The number of fused-ring (bicyclic) bond motifs is 4. The number of aliphatic hydroxyl groups excluding tert-OH is 1. The number of carbonyl (C=O) groups is 1. The van der Waals surface area contributed by atoms with Gasteiger partial charge in [0.05, 0.1) is 24.2 Å². The van der Waals surface area contributed by atoms with Crippen LogP contribution in [0.4, 0.5) is 5.69 Å². The van der Waals surface area contributed by atoms with Gasteiger partial charge in [-0.15, -0.1) is 0 Å². The molecule has 2 bridgehead atoms. The van der Waals surface area contributed by atoms with Crippen molar-refractivity contribution in [2.45, 2.75) is 75.9 Å². The molecule has 4 aromatic carbocycles. The summed E-state index contributed by atoms with van der Waals surface area (Å²) < 4.78 is 44.3. The predicted octanol–water partition coefficient (Wildman–Crippen LogP) is 7.41. The van der Waals surface area contributed by atoms with Crippen molar-refractivity contribution in [3.05, 3.63) is 131 Å². The first kappa shape index (κ1) is 40.8. The highest BCUT2D eigenvalue weighted by molar-refractivity contribution is 7.90. The SMILES string of the molecule is CC(C)(C)[Si](OC[C@H]1C/C=C\[C@@H](O)[C@@H]2CC[C@H]2CN2C[C@@]3(CCCc4cc(Cl)ccc43)COc3ccc(cc32)C(=O)NS(=O)(=O)C1)(c1ccccc1)c1ccccc1. The van der Waals surface area contributed by atoms with E-state index >= 15 is 0 Å². The van der Waals surface area contributed by atoms with Crippen LogP contribution in [-0.2, 0) is 26.3 Å². The normalized spacial score (nSPS) is 26.6. The number of hydrogen-bond donors (Lipinski definition) is 2. The fourth-order valence-electron chi connectivity index (χ4n) is 10.1. The van der Waals surface area contributed by atoms with Crippen LogP contribution in [-0.4, -0.2) is 65.9 Å². The molecule has 11 heteroatoms. The first-order chi connectivity index (χ1) is 27.8. The zero-order chi connectivity index (χ0) is 40.7. The summed E-state index contributed by atoms with van der Waals surface area (Å²) in [6.45, 7) is 8.54. The highest BCUT2D eigenvalue weighted by Crippen LogP contribution is 2.47. The third-order valence-electron chi connectivity index (χ3n) is 13.1. The van der Waals surface area contributed by atoms with E-state index in [9.17, 15) is 18.3 Å². The van der Waals surface area contributed by atoms with Gasteiger partial charge in [-0.25, -0.2) is 13.1 Å². The molecular weight excluding hydrogens is 784 g/mol. The second-order valence-electron chi connectivity index (χ2n) is 18.0. The van der Waals surface area contributed by atoms with Crippen LogP contribution < -0.4 is 24.7 Å². The molecule has 0 unspecified atom stereocenters. The largest absolute Gasteiger partial charge is 0.490 e. The Morgan fingerprint density at radius 3 is 2.38 bits per heavy atom. The van der Waals surface area contributed by atoms with Crippen molar-refractivity contribution in [3.63, 3.8) is 0 Å². The molecule has 306 valence electrons. The first-order valence-electron chi connectivity index (χ1n) is 20.7. The number of benzene rings is 4. The van der Waals surface area contributed by atoms with Gasteiger partial charge in [-0.2, -0.15) is 0 Å². The highest BCUT2D eigenvalue weighted by atomic mass is 35.5. The summed E-state index contributed by atoms with van der Waals surface area (Å²) in [5.41, 5.74) is 3.20. The molecule has 2 N–H and O–H groups in total. The van der Waals surface area contributed by atoms with E-state index in [1.54, 1.807) is 18.2 Å². The number of ether oxygens (including phenoxy) is 1. The van der Waals surface area contributed by atoms with Crippen molar-refractivity contribution in [1.82, 2.24) is 4.72 Å². The summed E-state index contributed by atoms with van der Waals surface area (Å²) in [5.74, 6) is -0.569. The minimum Gasteiger partial charge on any atom is -0.490 e. The third-order valence-corrected chi connectivity index (χ3v) is 19.8. The average molecular weight is 840 g/mol. The molecular formula is C47H55ClN2O6SSi. The minimum atomic E-state index is -4.13. The van der Waals surface area contributed by atoms with Gasteiger partial charge in [0.2, 0.25) is 10.0 Å². The van der Waals surface area contributed by atoms with Crippen molar-refractivity contribution in [1.29, 1.82) is 0 Å². The number of rotatable bonds is 5. The van der Waals surface area contributed by atoms with Crippen LogP contribution in [0.3, 0.4) is 0 Å². The molecule has 1 fully saturated rings. The van der Waals surface area contributed by atoms with E-state index in [0.717, 1.165) is 53.2 Å². The summed E-state index contributed by atoms with van der Waals surface area (Å²) in [5, 5.41) is 14.3. The van der Waals surface area contributed by atoms with Crippen molar-refractivity contribution in [2.75, 3.05) is 37.0 Å². The Morgan fingerprint density at radius 2 is 1.71 bits per heavy atom. The number of hydrogen-bond acceptors (Lipinski definition) is 7. The molecule has 8 nitrogen and oxygen atoms in total. The molecule has 2 aliphatic carbocycles. The van der Waals surface area contributed by atoms with Crippen LogP contribution in [0.25, 0.3) is 0 Å². The summed E-state index contributed by atoms with van der Waals surface area (Å²) in [4.78, 5) is 16.3. The summed E-state index contributed by atoms with van der Waals surface area (Å²) in [6.07, 6.45) is 8.23. The van der Waals surface area contributed by atoms with Crippen LogP contribution in [0.5, 0.6) is 5.75 Å².